The van der Waals surface area contributed by atoms with Gasteiger partial charge in [0.15, 0.2) is 5.13 Å². The number of aryl methyl sites for hydroxylation is 1. The molecule has 5 nitrogen and oxygen atoms in total. The largest absolute Gasteiger partial charge is 0.397 e. The number of aromatic nitrogens is 2. The van der Waals surface area contributed by atoms with Crippen LogP contribution in [0.1, 0.15) is 15.2 Å². The Labute approximate surface area is 226 Å². The van der Waals surface area contributed by atoms with Crippen LogP contribution < -0.4 is 11.1 Å². The molecular formula is C30H21FN4OS2. The van der Waals surface area contributed by atoms with Gasteiger partial charge in [0.05, 0.1) is 17.1 Å². The number of nitrogens with two attached hydrogens (primary N) is 1. The standard InChI is InChI=1S/C30H21FN4OS2/c1-17-7-9-18(10-8-17)22-15-23(19-5-3-2-4-6-19)33-29-25(22)26(32)27(38-29)28(36)35-30-34-24(16-37-30)20-11-13-21(31)14-12-20/h2-16H,32H2,1H3,(H,34,35,36). The fourth-order valence-corrected chi connectivity index (χ4v) is 5.98. The lowest BCUT2D eigenvalue weighted by Gasteiger charge is -2.09. The molecule has 38 heavy (non-hydrogen) atoms. The smallest absolute Gasteiger partial charge is 0.269 e. The average Bonchev–Trinajstić information content (AvgIpc) is 3.54. The molecule has 0 bridgehead atoms. The number of nitrogens with zero attached hydrogens (tertiary/aromatic N) is 2. The molecule has 3 heterocycles. The van der Waals surface area contributed by atoms with Crippen molar-refractivity contribution in [2.24, 2.45) is 0 Å². The number of hydrogen-bond acceptors (Lipinski definition) is 6. The number of nitrogen functional groups attached to an aromatic ring is 1. The van der Waals surface area contributed by atoms with Crippen molar-refractivity contribution >= 4 is 49.6 Å². The molecule has 0 saturated heterocycles. The first-order valence-electron chi connectivity index (χ1n) is 11.8. The Bertz CT molecular complexity index is 1780. The van der Waals surface area contributed by atoms with Gasteiger partial charge in [0, 0.05) is 21.9 Å². The molecule has 0 fully saturated rings. The monoisotopic (exact) mass is 536 g/mol. The lowest BCUT2D eigenvalue weighted by Crippen LogP contribution is -2.11. The van der Waals surface area contributed by atoms with Crippen molar-refractivity contribution in [3.05, 3.63) is 107 Å². The number of benzene rings is 3. The molecule has 0 spiro atoms. The van der Waals surface area contributed by atoms with Crippen molar-refractivity contribution in [2.75, 3.05) is 11.1 Å². The van der Waals surface area contributed by atoms with Crippen molar-refractivity contribution in [1.82, 2.24) is 9.97 Å². The van der Waals surface area contributed by atoms with Crippen LogP contribution in [0.2, 0.25) is 0 Å². The summed E-state index contributed by atoms with van der Waals surface area (Å²) in [5.74, 6) is -0.659. The minimum absolute atomic E-state index is 0.313. The van der Waals surface area contributed by atoms with Gasteiger partial charge < -0.3 is 5.73 Å². The Morgan fingerprint density at radius 1 is 0.868 bits per heavy atom. The summed E-state index contributed by atoms with van der Waals surface area (Å²) in [5.41, 5.74) is 13.3. The maximum Gasteiger partial charge on any atom is 0.269 e. The Hall–Kier alpha value is -4.40. The van der Waals surface area contributed by atoms with Crippen molar-refractivity contribution in [3.8, 4) is 33.6 Å². The van der Waals surface area contributed by atoms with Crippen LogP contribution in [-0.2, 0) is 0 Å². The number of fused-ring (bicyclic) bond motifs is 1. The van der Waals surface area contributed by atoms with E-state index in [9.17, 15) is 9.18 Å². The highest BCUT2D eigenvalue weighted by molar-refractivity contribution is 7.21. The van der Waals surface area contributed by atoms with E-state index < -0.39 is 0 Å². The third kappa shape index (κ3) is 4.55. The molecule has 0 unspecified atom stereocenters. The second-order valence-corrected chi connectivity index (χ2v) is 10.7. The number of halogens is 1. The molecule has 3 N–H and O–H groups in total. The van der Waals surface area contributed by atoms with Crippen molar-refractivity contribution in [1.29, 1.82) is 0 Å². The summed E-state index contributed by atoms with van der Waals surface area (Å²) in [6.07, 6.45) is 0. The fraction of sp³-hybridized carbons (Fsp3) is 0.0333. The average molecular weight is 537 g/mol. The first-order chi connectivity index (χ1) is 18.5. The second-order valence-electron chi connectivity index (χ2n) is 8.81. The van der Waals surface area contributed by atoms with Gasteiger partial charge >= 0.3 is 0 Å². The highest BCUT2D eigenvalue weighted by Gasteiger charge is 2.22. The Morgan fingerprint density at radius 3 is 2.29 bits per heavy atom. The van der Waals surface area contributed by atoms with E-state index >= 15 is 0 Å². The quantitative estimate of drug-likeness (QED) is 0.234. The summed E-state index contributed by atoms with van der Waals surface area (Å²) >= 11 is 2.56. The Morgan fingerprint density at radius 2 is 1.55 bits per heavy atom. The first-order valence-corrected chi connectivity index (χ1v) is 13.5. The van der Waals surface area contributed by atoms with Crippen LogP contribution in [0.25, 0.3) is 43.9 Å². The molecule has 0 saturated carbocycles. The summed E-state index contributed by atoms with van der Waals surface area (Å²) < 4.78 is 13.3. The third-order valence-corrected chi connectivity index (χ3v) is 8.06. The predicted molar refractivity (Wildman–Crippen MR) is 155 cm³/mol. The van der Waals surface area contributed by atoms with Gasteiger partial charge in [-0.1, -0.05) is 60.2 Å². The zero-order valence-corrected chi connectivity index (χ0v) is 21.9. The Kier molecular flexibility index (Phi) is 6.19. The number of amides is 1. The first kappa shape index (κ1) is 24.0. The number of carbonyl (C=O) groups is 1. The molecule has 186 valence electrons. The van der Waals surface area contributed by atoms with Gasteiger partial charge in [-0.05, 0) is 48.4 Å². The SMILES string of the molecule is Cc1ccc(-c2cc(-c3ccccc3)nc3sc(C(=O)Nc4nc(-c5ccc(F)cc5)cs4)c(N)c23)cc1. The van der Waals surface area contributed by atoms with E-state index in [-0.39, 0.29) is 11.7 Å². The molecule has 0 aliphatic heterocycles. The number of thiophene rings is 1. The summed E-state index contributed by atoms with van der Waals surface area (Å²) in [4.78, 5) is 23.8. The van der Waals surface area contributed by atoms with E-state index in [1.807, 2.05) is 48.7 Å². The minimum Gasteiger partial charge on any atom is -0.397 e. The number of nitrogens with one attached hydrogen (secondary N) is 1. The molecule has 0 aliphatic carbocycles. The number of thiazole rings is 1. The Balaban J connectivity index is 1.40. The zero-order valence-electron chi connectivity index (χ0n) is 20.2. The lowest BCUT2D eigenvalue weighted by molar-refractivity contribution is 0.103. The topological polar surface area (TPSA) is 80.9 Å². The molecule has 6 rings (SSSR count). The highest BCUT2D eigenvalue weighted by Crippen LogP contribution is 2.41. The van der Waals surface area contributed by atoms with Crippen LogP contribution in [0.3, 0.4) is 0 Å². The number of pyridine rings is 1. The molecule has 0 aliphatic rings. The van der Waals surface area contributed by atoms with Gasteiger partial charge in [0.1, 0.15) is 15.5 Å². The van der Waals surface area contributed by atoms with E-state index in [2.05, 4.69) is 34.6 Å². The molecule has 8 heteroatoms. The van der Waals surface area contributed by atoms with E-state index in [0.717, 1.165) is 38.9 Å². The van der Waals surface area contributed by atoms with Crippen LogP contribution in [0.4, 0.5) is 15.2 Å². The van der Waals surface area contributed by atoms with Gasteiger partial charge in [-0.2, -0.15) is 0 Å². The summed E-state index contributed by atoms with van der Waals surface area (Å²) in [5, 5.41) is 5.88. The van der Waals surface area contributed by atoms with Crippen LogP contribution >= 0.6 is 22.7 Å². The van der Waals surface area contributed by atoms with Gasteiger partial charge in [0.2, 0.25) is 0 Å². The molecule has 0 atom stereocenters. The minimum atomic E-state index is -0.346. The molecule has 6 aromatic rings. The van der Waals surface area contributed by atoms with Gasteiger partial charge in [0.25, 0.3) is 5.91 Å². The van der Waals surface area contributed by atoms with Gasteiger partial charge in [-0.3, -0.25) is 10.1 Å². The zero-order chi connectivity index (χ0) is 26.2. The van der Waals surface area contributed by atoms with Crippen LogP contribution in [-0.4, -0.2) is 15.9 Å². The summed E-state index contributed by atoms with van der Waals surface area (Å²) in [6.45, 7) is 2.04. The van der Waals surface area contributed by atoms with Gasteiger partial charge in [-0.25, -0.2) is 14.4 Å². The molecule has 0 radical (unpaired) electrons. The molecule has 1 amide bonds. The normalized spacial score (nSPS) is 11.1. The van der Waals surface area contributed by atoms with Crippen LogP contribution in [0.15, 0.2) is 90.3 Å². The van der Waals surface area contributed by atoms with E-state index in [4.69, 9.17) is 10.7 Å². The number of carbonyl (C=O) groups excluding carboxylic acids is 1. The summed E-state index contributed by atoms with van der Waals surface area (Å²) in [6, 6.07) is 26.3. The van der Waals surface area contributed by atoms with Crippen LogP contribution in [0, 0.1) is 12.7 Å². The van der Waals surface area contributed by atoms with E-state index in [1.165, 1.54) is 34.8 Å². The number of hydrogen-bond donors (Lipinski definition) is 2. The molecule has 3 aromatic heterocycles. The fourth-order valence-electron chi connectivity index (χ4n) is 4.25. The van der Waals surface area contributed by atoms with E-state index in [0.29, 0.717) is 26.2 Å². The second kappa shape index (κ2) is 9.81. The highest BCUT2D eigenvalue weighted by atomic mass is 32.1. The number of rotatable bonds is 5. The molecule has 3 aromatic carbocycles. The molecular weight excluding hydrogens is 515 g/mol. The number of anilines is 2. The lowest BCUT2D eigenvalue weighted by atomic mass is 9.99. The van der Waals surface area contributed by atoms with Crippen molar-refractivity contribution in [2.45, 2.75) is 6.92 Å². The van der Waals surface area contributed by atoms with Crippen molar-refractivity contribution < 1.29 is 9.18 Å². The predicted octanol–water partition coefficient (Wildman–Crippen LogP) is 8.04. The van der Waals surface area contributed by atoms with E-state index in [1.54, 1.807) is 12.1 Å². The van der Waals surface area contributed by atoms with Gasteiger partial charge in [-0.15, -0.1) is 22.7 Å². The maximum absolute atomic E-state index is 13.4. The summed E-state index contributed by atoms with van der Waals surface area (Å²) in [7, 11) is 0. The third-order valence-electron chi connectivity index (χ3n) is 6.20. The van der Waals surface area contributed by atoms with Crippen molar-refractivity contribution in [3.63, 3.8) is 0 Å². The van der Waals surface area contributed by atoms with Crippen LogP contribution in [0.5, 0.6) is 0 Å². The maximum atomic E-state index is 13.4.